The minimum absolute atomic E-state index is 0.0744. The van der Waals surface area contributed by atoms with Crippen LogP contribution in [0.4, 0.5) is 34.1 Å². The fourth-order valence-corrected chi connectivity index (χ4v) is 13.7. The van der Waals surface area contributed by atoms with Crippen molar-refractivity contribution in [1.29, 1.82) is 0 Å². The molecule has 3 nitrogen and oxygen atoms in total. The molecule has 0 bridgehead atoms. The van der Waals surface area contributed by atoms with E-state index in [-0.39, 0.29) is 28.4 Å². The summed E-state index contributed by atoms with van der Waals surface area (Å²) in [7, 11) is 0. The van der Waals surface area contributed by atoms with E-state index in [0.29, 0.717) is 0 Å². The molecule has 1 aliphatic carbocycles. The second kappa shape index (κ2) is 18.1. The Balaban J connectivity index is 1.09. The molecule has 3 aliphatic rings. The van der Waals surface area contributed by atoms with Crippen molar-refractivity contribution >= 4 is 79.0 Å². The number of hydrogen-bond acceptors (Lipinski definition) is 2. The second-order valence-corrected chi connectivity index (χ2v) is 26.5. The lowest BCUT2D eigenvalue weighted by Gasteiger charge is -2.45. The number of para-hydroxylation sites is 2. The van der Waals surface area contributed by atoms with Crippen LogP contribution in [0, 0.1) is 0 Å². The van der Waals surface area contributed by atoms with Gasteiger partial charge in [-0.25, -0.2) is 0 Å². The van der Waals surface area contributed by atoms with Crippen LogP contribution in [0.5, 0.6) is 0 Å². The van der Waals surface area contributed by atoms with E-state index in [4.69, 9.17) is 0 Å². The van der Waals surface area contributed by atoms with Crippen molar-refractivity contribution in [1.82, 2.24) is 4.57 Å². The summed E-state index contributed by atoms with van der Waals surface area (Å²) in [6, 6.07) is 83.5. The Bertz CT molecular complexity index is 4180. The predicted molar refractivity (Wildman–Crippen MR) is 344 cm³/mol. The number of nitrogens with zero attached hydrogens (tertiary/aromatic N) is 3. The van der Waals surface area contributed by atoms with Crippen molar-refractivity contribution in [2.45, 2.75) is 104 Å². The summed E-state index contributed by atoms with van der Waals surface area (Å²) in [4.78, 5) is 5.24. The zero-order valence-corrected chi connectivity index (χ0v) is 48.1. The van der Waals surface area contributed by atoms with Crippen LogP contribution >= 0.6 is 0 Å². The number of fused-ring (bicyclic) bond motifs is 8. The number of hydrogen-bond donors (Lipinski definition) is 0. The molecule has 2 aliphatic heterocycles. The highest BCUT2D eigenvalue weighted by molar-refractivity contribution is 7.00. The van der Waals surface area contributed by atoms with Gasteiger partial charge in [-0.15, -0.1) is 0 Å². The third kappa shape index (κ3) is 8.08. The molecule has 0 saturated carbocycles. The Morgan fingerprint density at radius 2 is 0.775 bits per heavy atom. The maximum atomic E-state index is 2.64. The summed E-state index contributed by atoms with van der Waals surface area (Å²) in [6.45, 7) is 23.8. The third-order valence-corrected chi connectivity index (χ3v) is 18.3. The zero-order valence-electron chi connectivity index (χ0n) is 48.1. The van der Waals surface area contributed by atoms with Gasteiger partial charge in [0.15, 0.2) is 0 Å². The second-order valence-electron chi connectivity index (χ2n) is 26.5. The number of aromatic nitrogens is 1. The molecule has 0 unspecified atom stereocenters. The summed E-state index contributed by atoms with van der Waals surface area (Å²) in [5.74, 6) is 0. The Hall–Kier alpha value is -8.34. The Morgan fingerprint density at radius 3 is 1.29 bits per heavy atom. The van der Waals surface area contributed by atoms with Crippen molar-refractivity contribution < 1.29 is 0 Å². The molecule has 392 valence electrons. The van der Waals surface area contributed by atoms with Crippen molar-refractivity contribution in [3.8, 4) is 39.1 Å². The minimum Gasteiger partial charge on any atom is -0.311 e. The van der Waals surface area contributed by atoms with Crippen molar-refractivity contribution in [2.24, 2.45) is 0 Å². The molecular formula is C76H70BN3. The molecule has 11 aromatic rings. The van der Waals surface area contributed by atoms with Gasteiger partial charge < -0.3 is 14.4 Å². The first-order valence-corrected chi connectivity index (χ1v) is 29.0. The monoisotopic (exact) mass is 1040 g/mol. The van der Waals surface area contributed by atoms with Gasteiger partial charge in [0.2, 0.25) is 0 Å². The molecule has 10 aromatic carbocycles. The van der Waals surface area contributed by atoms with Crippen LogP contribution in [0.1, 0.15) is 104 Å². The predicted octanol–water partition coefficient (Wildman–Crippen LogP) is 18.8. The lowest BCUT2D eigenvalue weighted by molar-refractivity contribution is 0.332. The lowest BCUT2D eigenvalue weighted by Crippen LogP contribution is -2.61. The fraction of sp³-hybridized carbons (Fsp3) is 0.211. The summed E-state index contributed by atoms with van der Waals surface area (Å²) in [5, 5.41) is 2.49. The number of benzene rings is 10. The summed E-state index contributed by atoms with van der Waals surface area (Å²) in [5.41, 5.74) is 27.4. The van der Waals surface area contributed by atoms with Gasteiger partial charge in [-0.05, 0) is 167 Å². The molecule has 0 saturated heterocycles. The van der Waals surface area contributed by atoms with E-state index in [0.717, 1.165) is 11.4 Å². The smallest absolute Gasteiger partial charge is 0.252 e. The molecule has 1 aromatic heterocycles. The fourth-order valence-electron chi connectivity index (χ4n) is 13.7. The highest BCUT2D eigenvalue weighted by Gasteiger charge is 2.45. The molecule has 14 rings (SSSR count). The molecule has 0 amide bonds. The first-order valence-electron chi connectivity index (χ1n) is 29.0. The zero-order chi connectivity index (χ0) is 55.0. The number of anilines is 6. The Morgan fingerprint density at radius 1 is 0.350 bits per heavy atom. The topological polar surface area (TPSA) is 11.4 Å². The van der Waals surface area contributed by atoms with Gasteiger partial charge in [0, 0.05) is 44.9 Å². The van der Waals surface area contributed by atoms with E-state index in [2.05, 4.69) is 302 Å². The van der Waals surface area contributed by atoms with Gasteiger partial charge in [-0.1, -0.05) is 227 Å². The van der Waals surface area contributed by atoms with Gasteiger partial charge in [0.05, 0.1) is 16.7 Å². The van der Waals surface area contributed by atoms with Crippen molar-refractivity contribution in [3.63, 3.8) is 0 Å². The maximum Gasteiger partial charge on any atom is 0.252 e. The highest BCUT2D eigenvalue weighted by Crippen LogP contribution is 2.50. The third-order valence-electron chi connectivity index (χ3n) is 18.3. The molecule has 3 heterocycles. The molecular weight excluding hydrogens is 966 g/mol. The molecule has 0 N–H and O–H groups in total. The van der Waals surface area contributed by atoms with Crippen LogP contribution in [0.15, 0.2) is 218 Å². The summed E-state index contributed by atoms with van der Waals surface area (Å²) >= 11 is 0. The number of rotatable bonds is 6. The first-order chi connectivity index (χ1) is 38.4. The van der Waals surface area contributed by atoms with Crippen LogP contribution in [0.25, 0.3) is 60.9 Å². The van der Waals surface area contributed by atoms with Crippen LogP contribution in [-0.2, 0) is 21.7 Å². The Kier molecular flexibility index (Phi) is 11.3. The normalized spacial score (nSPS) is 15.2. The SMILES string of the molecule is CC(C)(C)c1cc(N2c3cc(-c4ccccc4)ccc3B3c4ccc(-c5ccccc5)cc4N(c4ccc(-c5ccc6c(c5)C(C)(C)CCC6(C)C)cc4)c4cc(-n5c6ccccc6c6ccccc65)cc2c43)cc(C(C)(C)C)c1. The van der Waals surface area contributed by atoms with E-state index >= 15 is 0 Å². The molecule has 0 atom stereocenters. The van der Waals surface area contributed by atoms with Gasteiger partial charge >= 0.3 is 0 Å². The van der Waals surface area contributed by atoms with Gasteiger partial charge in [-0.2, -0.15) is 0 Å². The van der Waals surface area contributed by atoms with Crippen LogP contribution in [-0.4, -0.2) is 11.3 Å². The van der Waals surface area contributed by atoms with Crippen molar-refractivity contribution in [2.75, 3.05) is 9.80 Å². The molecule has 80 heavy (non-hydrogen) atoms. The van der Waals surface area contributed by atoms with E-state index in [1.165, 1.54) is 135 Å². The first kappa shape index (κ1) is 49.9. The largest absolute Gasteiger partial charge is 0.311 e. The lowest BCUT2D eigenvalue weighted by atomic mass is 9.33. The van der Waals surface area contributed by atoms with Gasteiger partial charge in [0.25, 0.3) is 6.71 Å². The van der Waals surface area contributed by atoms with Crippen LogP contribution in [0.3, 0.4) is 0 Å². The summed E-state index contributed by atoms with van der Waals surface area (Å²) in [6.07, 6.45) is 2.38. The Labute approximate surface area is 474 Å². The van der Waals surface area contributed by atoms with E-state index in [1.807, 2.05) is 0 Å². The highest BCUT2D eigenvalue weighted by atomic mass is 15.2. The molecule has 4 heteroatoms. The molecule has 0 spiro atoms. The average Bonchev–Trinajstić information content (AvgIpc) is 3.88. The van der Waals surface area contributed by atoms with Crippen LogP contribution < -0.4 is 26.2 Å². The van der Waals surface area contributed by atoms with E-state index < -0.39 is 0 Å². The van der Waals surface area contributed by atoms with Gasteiger partial charge in [0.1, 0.15) is 0 Å². The van der Waals surface area contributed by atoms with E-state index in [1.54, 1.807) is 0 Å². The molecule has 0 radical (unpaired) electrons. The van der Waals surface area contributed by atoms with Crippen LogP contribution in [0.2, 0.25) is 0 Å². The minimum atomic E-state index is -0.0996. The molecule has 0 fully saturated rings. The average molecular weight is 1040 g/mol. The maximum absolute atomic E-state index is 2.64. The van der Waals surface area contributed by atoms with Crippen molar-refractivity contribution in [3.05, 3.63) is 241 Å². The summed E-state index contributed by atoms with van der Waals surface area (Å²) < 4.78 is 2.52. The van der Waals surface area contributed by atoms with Gasteiger partial charge in [-0.3, -0.25) is 0 Å². The van der Waals surface area contributed by atoms with E-state index in [9.17, 15) is 0 Å². The quantitative estimate of drug-likeness (QED) is 0.154. The standard InChI is InChI=1S/C76H70BN3/c1-73(2,3)55-44-56(74(4,5)6)46-58(45-55)80-69-43-54(50-23-15-12-16-24-50)33-38-65(69)77-64-37-32-53(49-21-13-11-14-22-49)42-68(64)78(57-34-29-51(30-35-57)52-31-36-62-63(41-52)76(9,10)40-39-75(62,7)8)70-47-59(48-71(80)72(70)77)79-66-27-19-17-25-60(66)61-26-18-20-28-67(61)79/h11-38,41-48H,39-40H2,1-10H3.